The number of primary amides is 1. The number of nitrogens with zero attached hydrogens (tertiary/aromatic N) is 1. The van der Waals surface area contributed by atoms with Crippen LogP contribution in [0, 0.1) is 0 Å². The van der Waals surface area contributed by atoms with Crippen LogP contribution in [0.3, 0.4) is 0 Å². The molecular weight excluding hydrogens is 202 g/mol. The predicted molar refractivity (Wildman–Crippen MR) is 63.4 cm³/mol. The van der Waals surface area contributed by atoms with Crippen molar-refractivity contribution in [1.82, 2.24) is 4.90 Å². The highest BCUT2D eigenvalue weighted by Gasteiger charge is 1.83. The van der Waals surface area contributed by atoms with Gasteiger partial charge in [-0.05, 0) is 39.7 Å². The van der Waals surface area contributed by atoms with Gasteiger partial charge in [0.25, 0.3) is 0 Å². The summed E-state index contributed by atoms with van der Waals surface area (Å²) >= 11 is 4.64. The van der Waals surface area contributed by atoms with E-state index >= 15 is 0 Å². The first-order chi connectivity index (χ1) is 6.54. The molecule has 0 aromatic carbocycles. The summed E-state index contributed by atoms with van der Waals surface area (Å²) in [6, 6.07) is 0. The largest absolute Gasteiger partial charge is 0.366 e. The molecule has 0 atom stereocenters. The summed E-state index contributed by atoms with van der Waals surface area (Å²) in [4.78, 5) is 11.6. The maximum atomic E-state index is 9.47. The fraction of sp³-hybridized carbons (Fsp3) is 0.667. The van der Waals surface area contributed by atoms with Gasteiger partial charge in [-0.1, -0.05) is 6.58 Å². The molecule has 0 radical (unpaired) electrons. The first-order valence-corrected chi connectivity index (χ1v) is 4.94. The predicted octanol–water partition coefficient (Wildman–Crippen LogP) is 0.410. The topological polar surface area (TPSA) is 72.4 Å². The van der Waals surface area contributed by atoms with Gasteiger partial charge in [0, 0.05) is 6.38 Å². The van der Waals surface area contributed by atoms with E-state index in [-0.39, 0.29) is 0 Å². The molecule has 0 fully saturated rings. The maximum Gasteiger partial charge on any atom is 0.240 e. The van der Waals surface area contributed by atoms with E-state index < -0.39 is 5.91 Å². The monoisotopic (exact) mass is 223 g/mol. The van der Waals surface area contributed by atoms with Crippen LogP contribution < -0.4 is 11.5 Å². The van der Waals surface area contributed by atoms with Crippen molar-refractivity contribution in [3.63, 3.8) is 0 Å². The maximum absolute atomic E-state index is 9.47. The van der Waals surface area contributed by atoms with Gasteiger partial charge in [-0.2, -0.15) is 0 Å². The van der Waals surface area contributed by atoms with Gasteiger partial charge < -0.3 is 16.4 Å². The van der Waals surface area contributed by atoms with E-state index in [0.29, 0.717) is 0 Å². The summed E-state index contributed by atoms with van der Waals surface area (Å²) in [6.45, 7) is 5.00. The summed E-state index contributed by atoms with van der Waals surface area (Å²) in [5.74, 6) is -0.481. The Morgan fingerprint density at radius 1 is 1.50 bits per heavy atom. The SMILES string of the molecule is C=CC(N)=O.CCl.CN(C)CCCN. The van der Waals surface area contributed by atoms with Crippen LogP contribution in [-0.2, 0) is 4.79 Å². The minimum atomic E-state index is -0.481. The van der Waals surface area contributed by atoms with Gasteiger partial charge >= 0.3 is 0 Å². The van der Waals surface area contributed by atoms with Gasteiger partial charge in [-0.3, -0.25) is 4.79 Å². The lowest BCUT2D eigenvalue weighted by Gasteiger charge is -2.05. The highest BCUT2D eigenvalue weighted by atomic mass is 35.5. The average molecular weight is 224 g/mol. The van der Waals surface area contributed by atoms with E-state index in [4.69, 9.17) is 5.73 Å². The number of hydrogen-bond donors (Lipinski definition) is 2. The molecule has 4 N–H and O–H groups in total. The summed E-state index contributed by atoms with van der Waals surface area (Å²) < 4.78 is 0. The highest BCUT2D eigenvalue weighted by molar-refractivity contribution is 6.15. The van der Waals surface area contributed by atoms with Crippen LogP contribution in [0.1, 0.15) is 6.42 Å². The van der Waals surface area contributed by atoms with E-state index in [9.17, 15) is 4.79 Å². The third-order valence-electron chi connectivity index (χ3n) is 1.01. The fourth-order valence-corrected chi connectivity index (χ4v) is 0.408. The molecular formula is C9H22ClN3O. The zero-order valence-corrected chi connectivity index (χ0v) is 10.0. The molecule has 86 valence electrons. The third kappa shape index (κ3) is 42.2. The quantitative estimate of drug-likeness (QED) is 0.536. The zero-order valence-electron chi connectivity index (χ0n) is 9.29. The Bertz CT molecular complexity index is 129. The van der Waals surface area contributed by atoms with Crippen LogP contribution in [0.15, 0.2) is 12.7 Å². The number of carbonyl (C=O) groups is 1. The molecule has 0 rings (SSSR count). The van der Waals surface area contributed by atoms with Crippen molar-refractivity contribution in [2.75, 3.05) is 33.6 Å². The van der Waals surface area contributed by atoms with E-state index in [1.807, 2.05) is 0 Å². The molecule has 0 spiro atoms. The number of halogens is 1. The Hall–Kier alpha value is -0.580. The Balaban J connectivity index is -0.000000152. The van der Waals surface area contributed by atoms with E-state index in [1.54, 1.807) is 0 Å². The number of carbonyl (C=O) groups excluding carboxylic acids is 1. The molecule has 4 nitrogen and oxygen atoms in total. The number of rotatable bonds is 4. The Kier molecular flexibility index (Phi) is 24.9. The number of amides is 1. The molecule has 0 saturated carbocycles. The van der Waals surface area contributed by atoms with E-state index in [1.165, 1.54) is 6.38 Å². The molecule has 14 heavy (non-hydrogen) atoms. The lowest BCUT2D eigenvalue weighted by molar-refractivity contribution is -0.113. The number of alkyl halides is 1. The van der Waals surface area contributed by atoms with Gasteiger partial charge in [0.2, 0.25) is 5.91 Å². The van der Waals surface area contributed by atoms with Crippen LogP contribution in [0.2, 0.25) is 0 Å². The average Bonchev–Trinajstić information content (AvgIpc) is 2.18. The van der Waals surface area contributed by atoms with E-state index in [2.05, 4.69) is 42.9 Å². The highest BCUT2D eigenvalue weighted by Crippen LogP contribution is 1.76. The lowest BCUT2D eigenvalue weighted by atomic mass is 10.4. The van der Waals surface area contributed by atoms with Crippen LogP contribution in [0.25, 0.3) is 0 Å². The second kappa shape index (κ2) is 18.3. The Labute approximate surface area is 91.9 Å². The molecule has 0 bridgehead atoms. The zero-order chi connectivity index (χ0) is 12.0. The molecule has 0 saturated heterocycles. The smallest absolute Gasteiger partial charge is 0.240 e. The van der Waals surface area contributed by atoms with Crippen LogP contribution >= 0.6 is 11.6 Å². The molecule has 1 amide bonds. The van der Waals surface area contributed by atoms with Crippen molar-refractivity contribution >= 4 is 17.5 Å². The summed E-state index contributed by atoms with van der Waals surface area (Å²) in [5.41, 5.74) is 9.78. The van der Waals surface area contributed by atoms with Crippen LogP contribution in [-0.4, -0.2) is 44.4 Å². The minimum Gasteiger partial charge on any atom is -0.366 e. The summed E-state index contributed by atoms with van der Waals surface area (Å²) in [5, 5.41) is 0. The van der Waals surface area contributed by atoms with Crippen molar-refractivity contribution in [2.24, 2.45) is 11.5 Å². The van der Waals surface area contributed by atoms with Crippen LogP contribution in [0.5, 0.6) is 0 Å². The second-order valence-corrected chi connectivity index (χ2v) is 2.55. The first-order valence-electron chi connectivity index (χ1n) is 4.19. The number of nitrogens with two attached hydrogens (primary N) is 2. The molecule has 0 unspecified atom stereocenters. The fourth-order valence-electron chi connectivity index (χ4n) is 0.408. The molecule has 0 aromatic heterocycles. The van der Waals surface area contributed by atoms with Gasteiger partial charge in [0.05, 0.1) is 0 Å². The Morgan fingerprint density at radius 3 is 1.93 bits per heavy atom. The number of hydrogen-bond acceptors (Lipinski definition) is 3. The van der Waals surface area contributed by atoms with Gasteiger partial charge in [0.15, 0.2) is 0 Å². The molecule has 0 aliphatic heterocycles. The summed E-state index contributed by atoms with van der Waals surface area (Å²) in [6.07, 6.45) is 3.63. The van der Waals surface area contributed by atoms with Gasteiger partial charge in [-0.25, -0.2) is 0 Å². The molecule has 0 aliphatic carbocycles. The van der Waals surface area contributed by atoms with Crippen molar-refractivity contribution in [2.45, 2.75) is 6.42 Å². The van der Waals surface area contributed by atoms with E-state index in [0.717, 1.165) is 25.6 Å². The Morgan fingerprint density at radius 2 is 1.86 bits per heavy atom. The molecule has 0 heterocycles. The normalized spacial score (nSPS) is 7.86. The lowest BCUT2D eigenvalue weighted by Crippen LogP contribution is -2.16. The third-order valence-corrected chi connectivity index (χ3v) is 1.01. The van der Waals surface area contributed by atoms with Gasteiger partial charge in [0.1, 0.15) is 0 Å². The molecule has 0 aromatic rings. The first kappa shape index (κ1) is 19.1. The molecule has 0 aliphatic rings. The standard InChI is InChI=1S/C5H14N2.C3H5NO.CH3Cl/c1-7(2)5-3-4-6;1-2-3(4)5;1-2/h3-6H2,1-2H3;2H,1H2,(H2,4,5);1H3. The van der Waals surface area contributed by atoms with Crippen molar-refractivity contribution in [1.29, 1.82) is 0 Å². The van der Waals surface area contributed by atoms with Crippen molar-refractivity contribution < 1.29 is 4.79 Å². The van der Waals surface area contributed by atoms with Crippen molar-refractivity contribution in [3.05, 3.63) is 12.7 Å². The second-order valence-electron chi connectivity index (χ2n) is 2.55. The molecule has 5 heteroatoms. The van der Waals surface area contributed by atoms with Gasteiger partial charge in [-0.15, -0.1) is 11.6 Å². The minimum absolute atomic E-state index is 0.481. The van der Waals surface area contributed by atoms with Crippen molar-refractivity contribution in [3.8, 4) is 0 Å². The van der Waals surface area contributed by atoms with Crippen LogP contribution in [0.4, 0.5) is 0 Å². The summed E-state index contributed by atoms with van der Waals surface area (Å²) in [7, 11) is 4.10.